The number of nitrogens with two attached hydrogens (primary N) is 1. The van der Waals surface area contributed by atoms with Crippen LogP contribution >= 0.6 is 11.6 Å². The summed E-state index contributed by atoms with van der Waals surface area (Å²) in [4.78, 5) is 43.8. The van der Waals surface area contributed by atoms with Crippen LogP contribution in [0.25, 0.3) is 16.9 Å². The lowest BCUT2D eigenvalue weighted by Gasteiger charge is -2.18. The van der Waals surface area contributed by atoms with Crippen LogP contribution in [-0.2, 0) is 25.1 Å². The molecule has 1 aliphatic carbocycles. The molecule has 5 rings (SSSR count). The Bertz CT molecular complexity index is 1810. The molecule has 1 amide bonds. The highest BCUT2D eigenvalue weighted by Crippen LogP contribution is 2.36. The molecule has 0 unspecified atom stereocenters. The summed E-state index contributed by atoms with van der Waals surface area (Å²) < 4.78 is 48.2. The summed E-state index contributed by atoms with van der Waals surface area (Å²) >= 11 is 6.65. The molecular formula is C26H25ClF3N9O3. The number of nitrogens with zero attached hydrogens (tertiary/aromatic N) is 7. The number of carbonyl (C=O) groups is 1. The summed E-state index contributed by atoms with van der Waals surface area (Å²) in [7, 11) is 4.40. The number of halogens is 4. The van der Waals surface area contributed by atoms with E-state index in [0.717, 1.165) is 17.4 Å². The van der Waals surface area contributed by atoms with Crippen molar-refractivity contribution in [1.29, 1.82) is 0 Å². The second kappa shape index (κ2) is 10.6. The highest BCUT2D eigenvalue weighted by atomic mass is 35.5. The minimum atomic E-state index is -4.66. The van der Waals surface area contributed by atoms with Crippen molar-refractivity contribution in [2.75, 3.05) is 17.3 Å². The predicted molar refractivity (Wildman–Crippen MR) is 149 cm³/mol. The third-order valence-corrected chi connectivity index (χ3v) is 7.07. The van der Waals surface area contributed by atoms with Gasteiger partial charge < -0.3 is 24.9 Å². The van der Waals surface area contributed by atoms with Gasteiger partial charge in [0.25, 0.3) is 5.56 Å². The zero-order valence-corrected chi connectivity index (χ0v) is 23.6. The fourth-order valence-electron chi connectivity index (χ4n) is 4.24. The number of fused-ring (bicyclic) bond motifs is 1. The van der Waals surface area contributed by atoms with Crippen molar-refractivity contribution < 1.29 is 22.7 Å². The van der Waals surface area contributed by atoms with Gasteiger partial charge in [0, 0.05) is 39.5 Å². The van der Waals surface area contributed by atoms with E-state index >= 15 is 0 Å². The number of alkyl halides is 3. The Balaban J connectivity index is 1.44. The monoisotopic (exact) mass is 603 g/mol. The average molecular weight is 604 g/mol. The number of rotatable bonds is 7. The maximum absolute atomic E-state index is 13.3. The van der Waals surface area contributed by atoms with E-state index in [0.29, 0.717) is 29.5 Å². The van der Waals surface area contributed by atoms with Crippen LogP contribution in [0.15, 0.2) is 35.7 Å². The SMILES string of the molecule is Cc1nc(N(C)C(=O)C2CC2)cnc1/C(=C\N)Oc1cnc2nc(Nc3cc(C(F)(F)F)cn(C)c3=O)n(C)c2c1Cl. The standard InChI is InChI=1S/C26H25ClF3N9O3/c1-12-20(32-10-18(34-12)38(3)23(40)13-5-6-13)16(8-31)42-17-9-33-22-21(19(17)27)39(4)25(36-22)35-15-7-14(26(28,29)30)11-37(2)24(15)41/h7-11,13H,5-6,31H2,1-4H3,(H,33,35,36)/b16-8+. The first-order valence-corrected chi connectivity index (χ1v) is 12.9. The Hall–Kier alpha value is -4.66. The average Bonchev–Trinajstić information content (AvgIpc) is 3.74. The summed E-state index contributed by atoms with van der Waals surface area (Å²) in [6, 6.07) is 0.706. The normalized spacial score (nSPS) is 13.9. The molecule has 220 valence electrons. The van der Waals surface area contributed by atoms with Crippen LogP contribution in [-0.4, -0.2) is 42.0 Å². The number of carbonyl (C=O) groups excluding carboxylic acids is 1. The lowest BCUT2D eigenvalue weighted by atomic mass is 10.2. The van der Waals surface area contributed by atoms with Crippen LogP contribution in [0.1, 0.15) is 29.8 Å². The molecule has 3 N–H and O–H groups in total. The Morgan fingerprint density at radius 1 is 1.24 bits per heavy atom. The van der Waals surface area contributed by atoms with Gasteiger partial charge in [-0.05, 0) is 25.8 Å². The fraction of sp³-hybridized carbons (Fsp3) is 0.308. The molecule has 0 saturated heterocycles. The van der Waals surface area contributed by atoms with Gasteiger partial charge in [-0.2, -0.15) is 18.2 Å². The summed E-state index contributed by atoms with van der Waals surface area (Å²) in [6.07, 6.45) is 1.68. The van der Waals surface area contributed by atoms with Crippen LogP contribution < -0.4 is 26.2 Å². The van der Waals surface area contributed by atoms with Gasteiger partial charge in [-0.15, -0.1) is 0 Å². The summed E-state index contributed by atoms with van der Waals surface area (Å²) in [5.41, 5.74) is 4.97. The van der Waals surface area contributed by atoms with Crippen molar-refractivity contribution in [2.45, 2.75) is 25.9 Å². The largest absolute Gasteiger partial charge is 0.450 e. The van der Waals surface area contributed by atoms with Gasteiger partial charge in [0.1, 0.15) is 21.9 Å². The van der Waals surface area contributed by atoms with Crippen LogP contribution in [0.2, 0.25) is 5.02 Å². The number of amides is 1. The quantitative estimate of drug-likeness (QED) is 0.300. The molecule has 16 heteroatoms. The zero-order chi connectivity index (χ0) is 30.5. The van der Waals surface area contributed by atoms with E-state index in [1.165, 1.54) is 35.1 Å². The molecule has 0 aromatic carbocycles. The predicted octanol–water partition coefficient (Wildman–Crippen LogP) is 3.89. The lowest BCUT2D eigenvalue weighted by Crippen LogP contribution is -2.29. The maximum Gasteiger partial charge on any atom is 0.417 e. The zero-order valence-electron chi connectivity index (χ0n) is 22.8. The molecule has 1 saturated carbocycles. The molecule has 4 heterocycles. The second-order valence-electron chi connectivity index (χ2n) is 9.75. The molecule has 0 atom stereocenters. The van der Waals surface area contributed by atoms with Gasteiger partial charge in [0.05, 0.1) is 23.7 Å². The van der Waals surface area contributed by atoms with Crippen LogP contribution in [0.3, 0.4) is 0 Å². The van der Waals surface area contributed by atoms with E-state index in [9.17, 15) is 22.8 Å². The number of imidazole rings is 1. The van der Waals surface area contributed by atoms with Gasteiger partial charge in [-0.1, -0.05) is 11.6 Å². The number of hydrogen-bond donors (Lipinski definition) is 2. The smallest absolute Gasteiger partial charge is 0.417 e. The molecule has 4 aromatic rings. The Morgan fingerprint density at radius 3 is 2.57 bits per heavy atom. The van der Waals surface area contributed by atoms with Crippen molar-refractivity contribution in [3.05, 3.63) is 63.2 Å². The molecule has 0 radical (unpaired) electrons. The number of hydrogen-bond acceptors (Lipinski definition) is 9. The number of pyridine rings is 2. The highest BCUT2D eigenvalue weighted by Gasteiger charge is 2.34. The molecule has 0 bridgehead atoms. The van der Waals surface area contributed by atoms with Crippen LogP contribution in [0, 0.1) is 12.8 Å². The van der Waals surface area contributed by atoms with E-state index in [-0.39, 0.29) is 51.2 Å². The van der Waals surface area contributed by atoms with Gasteiger partial charge in [-0.3, -0.25) is 14.5 Å². The Kier molecular flexibility index (Phi) is 7.30. The minimum Gasteiger partial charge on any atom is -0.450 e. The van der Waals surface area contributed by atoms with Gasteiger partial charge in [0.15, 0.2) is 23.0 Å². The van der Waals surface area contributed by atoms with Crippen molar-refractivity contribution in [2.24, 2.45) is 25.7 Å². The maximum atomic E-state index is 13.3. The fourth-order valence-corrected chi connectivity index (χ4v) is 4.54. The topological polar surface area (TPSA) is 146 Å². The first-order valence-electron chi connectivity index (χ1n) is 12.6. The molecule has 1 aliphatic rings. The highest BCUT2D eigenvalue weighted by molar-refractivity contribution is 6.36. The number of aromatic nitrogens is 6. The summed E-state index contributed by atoms with van der Waals surface area (Å²) in [6.45, 7) is 1.69. The van der Waals surface area contributed by atoms with E-state index in [1.54, 1.807) is 21.0 Å². The van der Waals surface area contributed by atoms with Crippen molar-refractivity contribution in [3.63, 3.8) is 0 Å². The van der Waals surface area contributed by atoms with Gasteiger partial charge >= 0.3 is 6.18 Å². The summed E-state index contributed by atoms with van der Waals surface area (Å²) in [5, 5.41) is 2.72. The molecule has 0 aliphatic heterocycles. The molecule has 42 heavy (non-hydrogen) atoms. The van der Waals surface area contributed by atoms with E-state index in [4.69, 9.17) is 22.1 Å². The molecule has 4 aromatic heterocycles. The first-order chi connectivity index (χ1) is 19.8. The van der Waals surface area contributed by atoms with Crippen molar-refractivity contribution in [3.8, 4) is 5.75 Å². The van der Waals surface area contributed by atoms with E-state index in [2.05, 4.69) is 25.3 Å². The first kappa shape index (κ1) is 28.9. The minimum absolute atomic E-state index is 0.0160. The van der Waals surface area contributed by atoms with Gasteiger partial charge in [0.2, 0.25) is 11.9 Å². The third-order valence-electron chi connectivity index (χ3n) is 6.70. The Morgan fingerprint density at radius 2 is 1.95 bits per heavy atom. The second-order valence-corrected chi connectivity index (χ2v) is 10.1. The van der Waals surface area contributed by atoms with E-state index < -0.39 is 17.3 Å². The molecule has 1 fully saturated rings. The number of aryl methyl sites for hydroxylation is 3. The number of ether oxygens (including phenoxy) is 1. The van der Waals surface area contributed by atoms with Gasteiger partial charge in [-0.25, -0.2) is 15.0 Å². The lowest BCUT2D eigenvalue weighted by molar-refractivity contribution is -0.138. The van der Waals surface area contributed by atoms with Crippen LogP contribution in [0.5, 0.6) is 5.75 Å². The third kappa shape index (κ3) is 5.34. The molecule has 12 nitrogen and oxygen atoms in total. The number of nitrogens with one attached hydrogen (secondary N) is 1. The van der Waals surface area contributed by atoms with Crippen LogP contribution in [0.4, 0.5) is 30.6 Å². The van der Waals surface area contributed by atoms with Crippen molar-refractivity contribution in [1.82, 2.24) is 29.1 Å². The molecule has 0 spiro atoms. The van der Waals surface area contributed by atoms with Crippen molar-refractivity contribution >= 4 is 51.9 Å². The summed E-state index contributed by atoms with van der Waals surface area (Å²) in [5.74, 6) is 0.588. The number of anilines is 3. The molecular weight excluding hydrogens is 579 g/mol. The van der Waals surface area contributed by atoms with E-state index in [1.807, 2.05) is 0 Å². The Labute approximate surface area is 241 Å².